The fourth-order valence-electron chi connectivity index (χ4n) is 1.84. The van der Waals surface area contributed by atoms with Crippen LogP contribution in [0.4, 0.5) is 0 Å². The van der Waals surface area contributed by atoms with Crippen molar-refractivity contribution in [3.8, 4) is 0 Å². The molecule has 0 aliphatic carbocycles. The zero-order valence-electron chi connectivity index (χ0n) is 13.2. The summed E-state index contributed by atoms with van der Waals surface area (Å²) in [6.45, 7) is 1.39. The fraction of sp³-hybridized carbons (Fsp3) is 0.235. The van der Waals surface area contributed by atoms with Crippen molar-refractivity contribution in [2.75, 3.05) is 6.54 Å². The molecule has 0 radical (unpaired) electrons. The number of hydrogen-bond donors (Lipinski definition) is 2. The Morgan fingerprint density at radius 1 is 1.17 bits per heavy atom. The topological polar surface area (TPSA) is 97.6 Å². The molecule has 0 saturated heterocycles. The Morgan fingerprint density at radius 2 is 1.92 bits per heavy atom. The van der Waals surface area contributed by atoms with Crippen molar-refractivity contribution < 1.29 is 23.5 Å². The highest BCUT2D eigenvalue weighted by atomic mass is 16.5. The maximum absolute atomic E-state index is 11.9. The average molecular weight is 330 g/mol. The van der Waals surface area contributed by atoms with Crippen molar-refractivity contribution in [3.05, 3.63) is 60.1 Å². The summed E-state index contributed by atoms with van der Waals surface area (Å²) >= 11 is 0. The third-order valence-electron chi connectivity index (χ3n) is 3.17. The number of benzene rings is 1. The second kappa shape index (κ2) is 8.52. The van der Waals surface area contributed by atoms with Gasteiger partial charge < -0.3 is 19.8 Å². The van der Waals surface area contributed by atoms with Gasteiger partial charge in [0.05, 0.1) is 11.8 Å². The Hall–Kier alpha value is -3.09. The minimum Gasteiger partial charge on any atom is -0.472 e. The third-order valence-corrected chi connectivity index (χ3v) is 3.17. The van der Waals surface area contributed by atoms with Crippen LogP contribution in [0.3, 0.4) is 0 Å². The molecule has 0 aliphatic heterocycles. The van der Waals surface area contributed by atoms with Crippen LogP contribution in [-0.4, -0.2) is 30.4 Å². The molecule has 1 aromatic carbocycles. The number of carbonyl (C=O) groups is 3. The van der Waals surface area contributed by atoms with E-state index >= 15 is 0 Å². The number of ether oxygens (including phenoxy) is 1. The lowest BCUT2D eigenvalue weighted by atomic mass is 10.2. The first kappa shape index (κ1) is 17.3. The van der Waals surface area contributed by atoms with E-state index in [0.29, 0.717) is 5.56 Å². The Kier molecular flexibility index (Phi) is 6.13. The quantitative estimate of drug-likeness (QED) is 0.745. The molecule has 0 spiro atoms. The number of rotatable bonds is 7. The summed E-state index contributed by atoms with van der Waals surface area (Å²) in [5.74, 6) is -1.47. The van der Waals surface area contributed by atoms with Gasteiger partial charge in [0.15, 0.2) is 0 Å². The predicted octanol–water partition coefficient (Wildman–Crippen LogP) is 1.26. The van der Waals surface area contributed by atoms with Gasteiger partial charge in [-0.1, -0.05) is 30.3 Å². The van der Waals surface area contributed by atoms with Gasteiger partial charge >= 0.3 is 5.97 Å². The lowest BCUT2D eigenvalue weighted by Crippen LogP contribution is -2.46. The van der Waals surface area contributed by atoms with E-state index in [1.54, 1.807) is 0 Å². The highest BCUT2D eigenvalue weighted by molar-refractivity contribution is 5.97. The zero-order chi connectivity index (χ0) is 17.4. The summed E-state index contributed by atoms with van der Waals surface area (Å²) in [6, 6.07) is 9.91. The van der Waals surface area contributed by atoms with E-state index in [9.17, 15) is 14.4 Å². The van der Waals surface area contributed by atoms with E-state index in [2.05, 4.69) is 10.6 Å². The first-order chi connectivity index (χ1) is 11.6. The highest BCUT2D eigenvalue weighted by Gasteiger charge is 2.18. The Morgan fingerprint density at radius 3 is 2.58 bits per heavy atom. The van der Waals surface area contributed by atoms with Crippen molar-refractivity contribution in [1.82, 2.24) is 10.6 Å². The standard InChI is InChI=1S/C17H18N2O5/c1-12(19-17(22)14-7-8-23-11-14)16(21)18-9-15(20)24-10-13-5-3-2-4-6-13/h2-8,11-12H,9-10H2,1H3,(H,18,21)(H,19,22). The molecule has 2 N–H and O–H groups in total. The lowest BCUT2D eigenvalue weighted by molar-refractivity contribution is -0.145. The second-order valence-electron chi connectivity index (χ2n) is 5.07. The molecule has 2 rings (SSSR count). The Bertz CT molecular complexity index is 682. The van der Waals surface area contributed by atoms with E-state index in [4.69, 9.17) is 9.15 Å². The van der Waals surface area contributed by atoms with Crippen LogP contribution in [0.15, 0.2) is 53.3 Å². The number of esters is 1. The zero-order valence-corrected chi connectivity index (χ0v) is 13.2. The smallest absolute Gasteiger partial charge is 0.325 e. The van der Waals surface area contributed by atoms with Gasteiger partial charge in [-0.3, -0.25) is 14.4 Å². The summed E-state index contributed by atoms with van der Waals surface area (Å²) in [5, 5.41) is 4.92. The first-order valence-corrected chi connectivity index (χ1v) is 7.36. The molecule has 1 atom stereocenters. The maximum Gasteiger partial charge on any atom is 0.325 e. The molecule has 1 aromatic heterocycles. The van der Waals surface area contributed by atoms with E-state index in [1.807, 2.05) is 30.3 Å². The Labute approximate surface area is 139 Å². The lowest BCUT2D eigenvalue weighted by Gasteiger charge is -2.13. The van der Waals surface area contributed by atoms with Gasteiger partial charge in [-0.25, -0.2) is 0 Å². The van der Waals surface area contributed by atoms with Crippen molar-refractivity contribution in [2.24, 2.45) is 0 Å². The number of nitrogens with one attached hydrogen (secondary N) is 2. The van der Waals surface area contributed by atoms with Gasteiger partial charge in [0.1, 0.15) is 25.5 Å². The number of hydrogen-bond acceptors (Lipinski definition) is 5. The molecule has 0 fully saturated rings. The van der Waals surface area contributed by atoms with Crippen molar-refractivity contribution in [3.63, 3.8) is 0 Å². The number of amides is 2. The molecule has 0 saturated carbocycles. The summed E-state index contributed by atoms with van der Waals surface area (Å²) in [7, 11) is 0. The summed E-state index contributed by atoms with van der Waals surface area (Å²) in [6.07, 6.45) is 2.64. The van der Waals surface area contributed by atoms with Crippen LogP contribution >= 0.6 is 0 Å². The van der Waals surface area contributed by atoms with Crippen LogP contribution in [0.2, 0.25) is 0 Å². The molecular weight excluding hydrogens is 312 g/mol. The molecule has 24 heavy (non-hydrogen) atoms. The van der Waals surface area contributed by atoms with Crippen LogP contribution in [0.25, 0.3) is 0 Å². The predicted molar refractivity (Wildman–Crippen MR) is 84.9 cm³/mol. The molecule has 126 valence electrons. The molecule has 0 aliphatic rings. The number of furan rings is 1. The SMILES string of the molecule is CC(NC(=O)c1ccoc1)C(=O)NCC(=O)OCc1ccccc1. The van der Waals surface area contributed by atoms with Gasteiger partial charge in [0.2, 0.25) is 5.91 Å². The molecule has 2 aromatic rings. The summed E-state index contributed by atoms with van der Waals surface area (Å²) in [4.78, 5) is 35.3. The molecule has 1 heterocycles. The number of carbonyl (C=O) groups excluding carboxylic acids is 3. The van der Waals surface area contributed by atoms with Crippen molar-refractivity contribution >= 4 is 17.8 Å². The van der Waals surface area contributed by atoms with Crippen molar-refractivity contribution in [2.45, 2.75) is 19.6 Å². The van der Waals surface area contributed by atoms with Crippen LogP contribution in [-0.2, 0) is 20.9 Å². The van der Waals surface area contributed by atoms with E-state index in [1.165, 1.54) is 25.5 Å². The third kappa shape index (κ3) is 5.28. The van der Waals surface area contributed by atoms with Crippen LogP contribution in [0, 0.1) is 0 Å². The summed E-state index contributed by atoms with van der Waals surface area (Å²) in [5.41, 5.74) is 1.18. The molecule has 0 bridgehead atoms. The van der Waals surface area contributed by atoms with E-state index < -0.39 is 23.8 Å². The van der Waals surface area contributed by atoms with Gasteiger partial charge in [-0.05, 0) is 18.6 Å². The first-order valence-electron chi connectivity index (χ1n) is 7.36. The maximum atomic E-state index is 11.9. The molecule has 7 heteroatoms. The fourth-order valence-corrected chi connectivity index (χ4v) is 1.84. The minimum atomic E-state index is -0.797. The average Bonchev–Trinajstić information content (AvgIpc) is 3.13. The van der Waals surface area contributed by atoms with Crippen LogP contribution < -0.4 is 10.6 Å². The van der Waals surface area contributed by atoms with Crippen LogP contribution in [0.5, 0.6) is 0 Å². The van der Waals surface area contributed by atoms with Gasteiger partial charge in [-0.2, -0.15) is 0 Å². The minimum absolute atomic E-state index is 0.141. The van der Waals surface area contributed by atoms with Crippen LogP contribution in [0.1, 0.15) is 22.8 Å². The normalized spacial score (nSPS) is 11.4. The Balaban J connectivity index is 1.69. The highest BCUT2D eigenvalue weighted by Crippen LogP contribution is 2.01. The molecule has 1 unspecified atom stereocenters. The largest absolute Gasteiger partial charge is 0.472 e. The van der Waals surface area contributed by atoms with Crippen molar-refractivity contribution in [1.29, 1.82) is 0 Å². The summed E-state index contributed by atoms with van der Waals surface area (Å²) < 4.78 is 9.84. The van der Waals surface area contributed by atoms with Gasteiger partial charge in [-0.15, -0.1) is 0 Å². The van der Waals surface area contributed by atoms with Gasteiger partial charge in [0.25, 0.3) is 5.91 Å². The van der Waals surface area contributed by atoms with E-state index in [-0.39, 0.29) is 13.2 Å². The molecule has 7 nitrogen and oxygen atoms in total. The van der Waals surface area contributed by atoms with Gasteiger partial charge in [0, 0.05) is 0 Å². The molecule has 2 amide bonds. The molecular formula is C17H18N2O5. The second-order valence-corrected chi connectivity index (χ2v) is 5.07. The van der Waals surface area contributed by atoms with E-state index in [0.717, 1.165) is 5.56 Å². The monoisotopic (exact) mass is 330 g/mol.